The van der Waals surface area contributed by atoms with E-state index in [1.54, 1.807) is 18.3 Å². The topological polar surface area (TPSA) is 95.9 Å². The number of aliphatic hydroxyl groups is 1. The number of rotatable bonds is 7. The Morgan fingerprint density at radius 3 is 2.73 bits per heavy atom. The van der Waals surface area contributed by atoms with Gasteiger partial charge >= 0.3 is 5.97 Å². The van der Waals surface area contributed by atoms with Gasteiger partial charge < -0.3 is 19.8 Å². The van der Waals surface area contributed by atoms with Gasteiger partial charge in [-0.15, -0.1) is 11.3 Å². The van der Waals surface area contributed by atoms with Gasteiger partial charge in [0, 0.05) is 37.2 Å². The van der Waals surface area contributed by atoms with Crippen LogP contribution in [-0.4, -0.2) is 50.3 Å². The van der Waals surface area contributed by atoms with Crippen LogP contribution < -0.4 is 9.30 Å². The molecule has 2 aromatic carbocycles. The van der Waals surface area contributed by atoms with E-state index in [0.717, 1.165) is 22.0 Å². The Kier molecular flexibility index (Phi) is 5.58. The third-order valence-electron chi connectivity index (χ3n) is 7.64. The minimum absolute atomic E-state index is 0.0103. The molecule has 1 saturated heterocycles. The maximum absolute atomic E-state index is 12.6. The number of hydrogen-bond donors (Lipinski definition) is 2. The summed E-state index contributed by atoms with van der Waals surface area (Å²) in [6.07, 6.45) is 5.28. The summed E-state index contributed by atoms with van der Waals surface area (Å²) in [5, 5.41) is 22.1. The Bertz CT molecular complexity index is 1600. The number of hydrogen-bond acceptors (Lipinski definition) is 5. The van der Waals surface area contributed by atoms with Crippen LogP contribution in [0.3, 0.4) is 0 Å². The zero-order valence-electron chi connectivity index (χ0n) is 20.8. The van der Waals surface area contributed by atoms with Gasteiger partial charge in [0.1, 0.15) is 37.0 Å². The van der Waals surface area contributed by atoms with Crippen molar-refractivity contribution in [1.82, 2.24) is 9.47 Å². The lowest BCUT2D eigenvalue weighted by Crippen LogP contribution is -2.63. The summed E-state index contributed by atoms with van der Waals surface area (Å²) in [6, 6.07) is 11.9. The van der Waals surface area contributed by atoms with Crippen molar-refractivity contribution in [2.24, 2.45) is 18.9 Å². The largest absolute Gasteiger partial charge is 0.488 e. The average Bonchev–Trinajstić information content (AvgIpc) is 3.51. The van der Waals surface area contributed by atoms with Crippen molar-refractivity contribution in [3.05, 3.63) is 72.0 Å². The highest BCUT2D eigenvalue weighted by molar-refractivity contribution is 7.26. The number of aliphatic carboxylic acids is 1. The zero-order valence-corrected chi connectivity index (χ0v) is 21.6. The number of carboxylic acids is 1. The second kappa shape index (κ2) is 8.71. The number of ether oxygens (including phenoxy) is 1. The molecule has 8 nitrogen and oxygen atoms in total. The van der Waals surface area contributed by atoms with Crippen molar-refractivity contribution >= 4 is 43.4 Å². The molecular formula is C28H28N3O5S+. The van der Waals surface area contributed by atoms with Crippen LogP contribution >= 0.6 is 11.3 Å². The number of fused-ring (bicyclic) bond motifs is 4. The lowest BCUT2D eigenvalue weighted by atomic mass is 9.78. The number of nitrogens with zero attached hydrogens (tertiary/aromatic N) is 3. The number of amides is 1. The number of aromatic nitrogens is 2. The van der Waals surface area contributed by atoms with Crippen LogP contribution in [0.5, 0.6) is 5.75 Å². The van der Waals surface area contributed by atoms with Crippen LogP contribution in [0.4, 0.5) is 0 Å². The first kappa shape index (κ1) is 23.7. The quantitative estimate of drug-likeness (QED) is 0.289. The molecule has 3 unspecified atom stereocenters. The lowest BCUT2D eigenvalue weighted by Gasteiger charge is -2.46. The van der Waals surface area contributed by atoms with Crippen LogP contribution in [0.25, 0.3) is 20.2 Å². The third kappa shape index (κ3) is 3.64. The van der Waals surface area contributed by atoms with Crippen molar-refractivity contribution < 1.29 is 29.1 Å². The van der Waals surface area contributed by atoms with Crippen LogP contribution in [0.15, 0.2) is 66.4 Å². The molecule has 4 heterocycles. The molecular weight excluding hydrogens is 490 g/mol. The normalized spacial score (nSPS) is 22.0. The number of imidazole rings is 1. The number of carboxylic acid groups (broad SMARTS) is 1. The first-order valence-electron chi connectivity index (χ1n) is 12.3. The standard InChI is InChI=1S/C28H27N3O5S/c1-15-19(25(28(34)35)31-24(15)22(16(2)32)27(31)33)13-36-20-8-5-9-21-23(20)18-7-4-6-17(26(18)37-21)12-30-11-10-29(3)14-30/h4-11,14-16,22,24,32H,12-13H2,1-3H3/p+1/t15-,16?,22?,24?/m0/s1. The minimum Gasteiger partial charge on any atom is -0.488 e. The Labute approximate surface area is 217 Å². The van der Waals surface area contributed by atoms with Gasteiger partial charge in [0.2, 0.25) is 12.2 Å². The molecule has 0 bridgehead atoms. The van der Waals surface area contributed by atoms with Gasteiger partial charge in [-0.25, -0.2) is 13.9 Å². The summed E-state index contributed by atoms with van der Waals surface area (Å²) in [4.78, 5) is 26.1. The SMILES string of the molecule is CC(O)C1C(=O)N2C(C(=O)O)=C(COc3cccc4sc5c(Cn6cc[n+](C)c6)cccc5c34)[C@H](C)C12. The number of thiophene rings is 1. The Morgan fingerprint density at radius 1 is 1.24 bits per heavy atom. The molecule has 4 aromatic rings. The zero-order chi connectivity index (χ0) is 26.0. The number of β-lactam (4-membered cyclic amide) rings is 1. The molecule has 37 heavy (non-hydrogen) atoms. The van der Waals surface area contributed by atoms with Crippen molar-refractivity contribution in [3.63, 3.8) is 0 Å². The number of aryl methyl sites for hydroxylation is 1. The number of carbonyl (C=O) groups is 2. The van der Waals surface area contributed by atoms with Crippen molar-refractivity contribution in [2.75, 3.05) is 6.61 Å². The van der Waals surface area contributed by atoms with E-state index in [1.807, 2.05) is 49.4 Å². The van der Waals surface area contributed by atoms with Gasteiger partial charge in [0.25, 0.3) is 0 Å². The van der Waals surface area contributed by atoms with E-state index in [4.69, 9.17) is 4.74 Å². The van der Waals surface area contributed by atoms with E-state index < -0.39 is 18.0 Å². The van der Waals surface area contributed by atoms with E-state index in [0.29, 0.717) is 11.3 Å². The maximum atomic E-state index is 12.6. The van der Waals surface area contributed by atoms with Crippen LogP contribution in [0.2, 0.25) is 0 Å². The molecule has 2 N–H and O–H groups in total. The fourth-order valence-electron chi connectivity index (χ4n) is 5.90. The molecule has 9 heteroatoms. The first-order valence-corrected chi connectivity index (χ1v) is 13.1. The van der Waals surface area contributed by atoms with E-state index in [9.17, 15) is 19.8 Å². The van der Waals surface area contributed by atoms with Gasteiger partial charge in [-0.1, -0.05) is 31.2 Å². The van der Waals surface area contributed by atoms with E-state index in [2.05, 4.69) is 28.8 Å². The molecule has 1 fully saturated rings. The summed E-state index contributed by atoms with van der Waals surface area (Å²) in [5.74, 6) is -1.62. The van der Waals surface area contributed by atoms with Crippen LogP contribution in [-0.2, 0) is 23.2 Å². The van der Waals surface area contributed by atoms with Crippen molar-refractivity contribution in [3.8, 4) is 5.75 Å². The molecule has 6 rings (SSSR count). The van der Waals surface area contributed by atoms with Gasteiger partial charge in [-0.2, -0.15) is 0 Å². The second-order valence-corrected chi connectivity index (χ2v) is 11.1. The summed E-state index contributed by atoms with van der Waals surface area (Å²) >= 11 is 1.72. The second-order valence-electron chi connectivity index (χ2n) is 10.00. The molecule has 2 aliphatic heterocycles. The summed E-state index contributed by atoms with van der Waals surface area (Å²) in [5.41, 5.74) is 1.78. The van der Waals surface area contributed by atoms with Gasteiger partial charge in [-0.3, -0.25) is 4.79 Å². The minimum atomic E-state index is -1.15. The highest BCUT2D eigenvalue weighted by Gasteiger charge is 2.59. The monoisotopic (exact) mass is 518 g/mol. The summed E-state index contributed by atoms with van der Waals surface area (Å²) in [6.45, 7) is 4.30. The highest BCUT2D eigenvalue weighted by atomic mass is 32.1. The van der Waals surface area contributed by atoms with Crippen LogP contribution in [0, 0.1) is 11.8 Å². The Hall–Kier alpha value is -3.69. The van der Waals surface area contributed by atoms with Gasteiger partial charge in [0.05, 0.1) is 25.1 Å². The first-order chi connectivity index (χ1) is 17.8. The lowest BCUT2D eigenvalue weighted by molar-refractivity contribution is -0.671. The fraction of sp³-hybridized carbons (Fsp3) is 0.321. The number of aliphatic hydroxyl groups excluding tert-OH is 1. The molecule has 0 radical (unpaired) electrons. The van der Waals surface area contributed by atoms with Crippen molar-refractivity contribution in [2.45, 2.75) is 32.5 Å². The molecule has 1 amide bonds. The molecule has 4 atom stereocenters. The van der Waals surface area contributed by atoms with E-state index >= 15 is 0 Å². The summed E-state index contributed by atoms with van der Waals surface area (Å²) in [7, 11) is 2.00. The van der Waals surface area contributed by atoms with Crippen molar-refractivity contribution in [1.29, 1.82) is 0 Å². The molecule has 190 valence electrons. The molecule has 2 aliphatic rings. The van der Waals surface area contributed by atoms with Crippen LogP contribution in [0.1, 0.15) is 19.4 Å². The van der Waals surface area contributed by atoms with E-state index in [1.165, 1.54) is 15.2 Å². The molecule has 2 aromatic heterocycles. The highest BCUT2D eigenvalue weighted by Crippen LogP contribution is 2.47. The Morgan fingerprint density at radius 2 is 2.03 bits per heavy atom. The Balaban J connectivity index is 1.35. The third-order valence-corrected chi connectivity index (χ3v) is 8.89. The molecule has 0 aliphatic carbocycles. The summed E-state index contributed by atoms with van der Waals surface area (Å²) < 4.78 is 12.8. The average molecular weight is 519 g/mol. The molecule has 0 spiro atoms. The predicted molar refractivity (Wildman–Crippen MR) is 139 cm³/mol. The maximum Gasteiger partial charge on any atom is 0.352 e. The van der Waals surface area contributed by atoms with Gasteiger partial charge in [-0.05, 0) is 19.1 Å². The fourth-order valence-corrected chi connectivity index (χ4v) is 7.12. The smallest absolute Gasteiger partial charge is 0.352 e. The predicted octanol–water partition coefficient (Wildman–Crippen LogP) is 3.30. The number of benzene rings is 2. The van der Waals surface area contributed by atoms with Gasteiger partial charge in [0.15, 0.2) is 0 Å². The number of carbonyl (C=O) groups excluding carboxylic acids is 1. The van der Waals surface area contributed by atoms with E-state index in [-0.39, 0.29) is 30.2 Å². The molecule has 0 saturated carbocycles.